The summed E-state index contributed by atoms with van der Waals surface area (Å²) in [5.41, 5.74) is 0.143. The van der Waals surface area contributed by atoms with E-state index in [1.165, 1.54) is 11.5 Å². The maximum absolute atomic E-state index is 14.0. The number of hydrogen-bond acceptors (Lipinski definition) is 3. The van der Waals surface area contributed by atoms with E-state index in [9.17, 15) is 12.8 Å². The zero-order chi connectivity index (χ0) is 17.9. The van der Waals surface area contributed by atoms with E-state index in [2.05, 4.69) is 11.6 Å². The number of ether oxygens (including phenoxy) is 1. The van der Waals surface area contributed by atoms with Gasteiger partial charge in [-0.05, 0) is 55.7 Å². The number of allylic oxidation sites excluding steroid dienone is 1. The van der Waals surface area contributed by atoms with Crippen LogP contribution in [-0.4, -0.2) is 15.0 Å². The van der Waals surface area contributed by atoms with Crippen LogP contribution in [0.15, 0.2) is 29.7 Å². The lowest BCUT2D eigenvalue weighted by Crippen LogP contribution is -2.33. The highest BCUT2D eigenvalue weighted by Crippen LogP contribution is 2.47. The summed E-state index contributed by atoms with van der Waals surface area (Å²) in [6.45, 7) is 2.59. The molecule has 0 atom stereocenters. The summed E-state index contributed by atoms with van der Waals surface area (Å²) in [6, 6.07) is 4.66. The van der Waals surface area contributed by atoms with Crippen LogP contribution in [-0.2, 0) is 15.6 Å². The normalized spacial score (nSPS) is 19.3. The predicted molar refractivity (Wildman–Crippen MR) is 96.3 cm³/mol. The molecular weight excluding hydrogens is 341 g/mol. The highest BCUT2D eigenvalue weighted by molar-refractivity contribution is 7.92. The lowest BCUT2D eigenvalue weighted by molar-refractivity contribution is 0.284. The van der Waals surface area contributed by atoms with Crippen LogP contribution in [0.1, 0.15) is 57.4 Å². The van der Waals surface area contributed by atoms with Crippen LogP contribution < -0.4 is 9.46 Å². The molecule has 2 aliphatic rings. The molecular formula is C19H26FNO3S. The van der Waals surface area contributed by atoms with Gasteiger partial charge in [0.05, 0.1) is 12.1 Å². The molecule has 3 rings (SSSR count). The first-order valence-corrected chi connectivity index (χ1v) is 10.6. The van der Waals surface area contributed by atoms with Gasteiger partial charge >= 0.3 is 0 Å². The molecule has 0 heterocycles. The number of rotatable bonds is 10. The minimum absolute atomic E-state index is 0.216. The molecule has 0 aromatic heterocycles. The second-order valence-electron chi connectivity index (χ2n) is 7.14. The first-order valence-electron chi connectivity index (χ1n) is 9.07. The summed E-state index contributed by atoms with van der Waals surface area (Å²) < 4.78 is 46.9. The number of benzene rings is 1. The van der Waals surface area contributed by atoms with Crippen molar-refractivity contribution in [2.24, 2.45) is 5.92 Å². The van der Waals surface area contributed by atoms with E-state index in [4.69, 9.17) is 4.74 Å². The van der Waals surface area contributed by atoms with Gasteiger partial charge in [-0.25, -0.2) is 17.5 Å². The first kappa shape index (κ1) is 18.4. The Morgan fingerprint density at radius 2 is 2.12 bits per heavy atom. The minimum atomic E-state index is -3.51. The summed E-state index contributed by atoms with van der Waals surface area (Å²) in [6.07, 6.45) is 8.13. The highest BCUT2D eigenvalue weighted by atomic mass is 32.2. The topological polar surface area (TPSA) is 55.4 Å². The van der Waals surface area contributed by atoms with Crippen LogP contribution in [0.25, 0.3) is 0 Å². The Hall–Kier alpha value is -1.40. The van der Waals surface area contributed by atoms with E-state index in [0.717, 1.165) is 37.7 Å². The number of halogens is 1. The molecule has 1 aromatic carbocycles. The van der Waals surface area contributed by atoms with E-state index in [1.807, 2.05) is 0 Å². The van der Waals surface area contributed by atoms with Crippen molar-refractivity contribution in [3.8, 4) is 5.75 Å². The average molecular weight is 367 g/mol. The van der Waals surface area contributed by atoms with Crippen LogP contribution in [0, 0.1) is 11.7 Å². The summed E-state index contributed by atoms with van der Waals surface area (Å²) in [5, 5.41) is 1.25. The van der Waals surface area contributed by atoms with Crippen molar-refractivity contribution in [3.05, 3.63) is 41.1 Å². The molecule has 6 heteroatoms. The molecule has 0 aliphatic heterocycles. The maximum atomic E-state index is 14.0. The van der Waals surface area contributed by atoms with Gasteiger partial charge in [0.2, 0.25) is 10.0 Å². The standard InChI is InChI=1S/C19H26FNO3S/c1-2-3-4-5-12-25(22,23)21-19(10-11-19)16-8-9-17(20)18(13-16)24-14-15-6-7-15/h5,8-9,12-13,15,21H,2-4,6-7,10-11,14H2,1H3/b12-5+. The molecule has 0 unspecified atom stereocenters. The molecule has 0 amide bonds. The van der Waals surface area contributed by atoms with Gasteiger partial charge in [0.15, 0.2) is 11.6 Å². The van der Waals surface area contributed by atoms with Gasteiger partial charge in [-0.2, -0.15) is 0 Å². The molecule has 25 heavy (non-hydrogen) atoms. The third-order valence-corrected chi connectivity index (χ3v) is 5.97. The molecule has 0 saturated heterocycles. The Labute approximate surface area is 149 Å². The fourth-order valence-electron chi connectivity index (χ4n) is 2.80. The lowest BCUT2D eigenvalue weighted by atomic mass is 10.1. The lowest BCUT2D eigenvalue weighted by Gasteiger charge is -2.18. The van der Waals surface area contributed by atoms with Gasteiger partial charge in [-0.3, -0.25) is 0 Å². The van der Waals surface area contributed by atoms with E-state index in [1.54, 1.807) is 18.2 Å². The summed E-state index contributed by atoms with van der Waals surface area (Å²) in [5.74, 6) is 0.348. The average Bonchev–Trinajstić information content (AvgIpc) is 3.47. The van der Waals surface area contributed by atoms with Crippen molar-refractivity contribution >= 4 is 10.0 Å². The van der Waals surface area contributed by atoms with Crippen LogP contribution in [0.5, 0.6) is 5.75 Å². The Bertz CT molecular complexity index is 737. The molecule has 0 spiro atoms. The molecule has 2 fully saturated rings. The molecule has 0 radical (unpaired) electrons. The van der Waals surface area contributed by atoms with Crippen molar-refractivity contribution in [2.45, 2.75) is 57.4 Å². The van der Waals surface area contributed by atoms with Crippen molar-refractivity contribution in [2.75, 3.05) is 6.61 Å². The molecule has 1 N–H and O–H groups in total. The number of unbranched alkanes of at least 4 members (excludes halogenated alkanes) is 2. The third kappa shape index (κ3) is 5.05. The zero-order valence-corrected chi connectivity index (χ0v) is 15.4. The van der Waals surface area contributed by atoms with E-state index < -0.39 is 21.4 Å². The predicted octanol–water partition coefficient (Wildman–Crippen LogP) is 4.23. The fraction of sp³-hybridized carbons (Fsp3) is 0.579. The first-order chi connectivity index (χ1) is 11.9. The van der Waals surface area contributed by atoms with Gasteiger partial charge in [-0.1, -0.05) is 31.9 Å². The van der Waals surface area contributed by atoms with E-state index in [0.29, 0.717) is 25.4 Å². The largest absolute Gasteiger partial charge is 0.490 e. The van der Waals surface area contributed by atoms with Crippen LogP contribution in [0.4, 0.5) is 4.39 Å². The minimum Gasteiger partial charge on any atom is -0.490 e. The van der Waals surface area contributed by atoms with E-state index >= 15 is 0 Å². The quantitative estimate of drug-likeness (QED) is 0.630. The van der Waals surface area contributed by atoms with Gasteiger partial charge in [0.25, 0.3) is 0 Å². The van der Waals surface area contributed by atoms with Crippen molar-refractivity contribution in [1.29, 1.82) is 0 Å². The molecule has 1 aromatic rings. The zero-order valence-electron chi connectivity index (χ0n) is 14.6. The van der Waals surface area contributed by atoms with Gasteiger partial charge in [0.1, 0.15) is 0 Å². The molecule has 0 bridgehead atoms. The number of hydrogen-bond donors (Lipinski definition) is 1. The Kier molecular flexibility index (Phi) is 5.49. The van der Waals surface area contributed by atoms with Crippen molar-refractivity contribution < 1.29 is 17.5 Å². The number of nitrogens with one attached hydrogen (secondary N) is 1. The van der Waals surface area contributed by atoms with Gasteiger partial charge in [0, 0.05) is 5.41 Å². The summed E-state index contributed by atoms with van der Waals surface area (Å²) >= 11 is 0. The SMILES string of the molecule is CCCC/C=C/S(=O)(=O)NC1(c2ccc(F)c(OCC3CC3)c2)CC1. The molecule has 2 aliphatic carbocycles. The summed E-state index contributed by atoms with van der Waals surface area (Å²) in [4.78, 5) is 0. The van der Waals surface area contributed by atoms with Crippen LogP contribution >= 0.6 is 0 Å². The Morgan fingerprint density at radius 3 is 2.76 bits per heavy atom. The van der Waals surface area contributed by atoms with Crippen molar-refractivity contribution in [1.82, 2.24) is 4.72 Å². The van der Waals surface area contributed by atoms with Gasteiger partial charge < -0.3 is 4.74 Å². The Morgan fingerprint density at radius 1 is 1.36 bits per heavy atom. The Balaban J connectivity index is 1.69. The third-order valence-electron chi connectivity index (χ3n) is 4.74. The fourth-order valence-corrected chi connectivity index (χ4v) is 4.13. The maximum Gasteiger partial charge on any atom is 0.234 e. The molecule has 138 valence electrons. The van der Waals surface area contributed by atoms with Gasteiger partial charge in [-0.15, -0.1) is 0 Å². The summed E-state index contributed by atoms with van der Waals surface area (Å²) in [7, 11) is -3.51. The molecule has 2 saturated carbocycles. The molecule has 4 nitrogen and oxygen atoms in total. The van der Waals surface area contributed by atoms with Crippen LogP contribution in [0.2, 0.25) is 0 Å². The monoisotopic (exact) mass is 367 g/mol. The number of sulfonamides is 1. The van der Waals surface area contributed by atoms with E-state index in [-0.39, 0.29) is 5.75 Å². The highest BCUT2D eigenvalue weighted by Gasteiger charge is 2.47. The smallest absolute Gasteiger partial charge is 0.234 e. The second-order valence-corrected chi connectivity index (χ2v) is 8.71. The van der Waals surface area contributed by atoms with Crippen molar-refractivity contribution in [3.63, 3.8) is 0 Å². The van der Waals surface area contributed by atoms with Crippen LogP contribution in [0.3, 0.4) is 0 Å². The second kappa shape index (κ2) is 7.46.